The standard InChI is InChI=1S/C17H22N4O2/c1-11(22)20-15-5-13-9-21(10-14(13)6-16(15)23-2)17-4-3-12(7-18)8-19-17/h3-4,8,13-16H,5-6,9-10H2,1-2H3,(H,20,22)/t13-,14+,15-,16-/m1/s1. The number of pyridine rings is 1. The van der Waals surface area contributed by atoms with Crippen molar-refractivity contribution in [2.75, 3.05) is 25.1 Å². The van der Waals surface area contributed by atoms with Crippen LogP contribution in [0, 0.1) is 23.2 Å². The Morgan fingerprint density at radius 3 is 2.70 bits per heavy atom. The van der Waals surface area contributed by atoms with E-state index in [4.69, 9.17) is 10.00 Å². The molecule has 0 bridgehead atoms. The lowest BCUT2D eigenvalue weighted by molar-refractivity contribution is -0.121. The van der Waals surface area contributed by atoms with Crippen molar-refractivity contribution in [1.29, 1.82) is 5.26 Å². The summed E-state index contributed by atoms with van der Waals surface area (Å²) in [6, 6.07) is 5.90. The first-order valence-electron chi connectivity index (χ1n) is 8.01. The second-order valence-electron chi connectivity index (χ2n) is 6.49. The number of nitriles is 1. The highest BCUT2D eigenvalue weighted by Crippen LogP contribution is 2.38. The number of hydrogen-bond acceptors (Lipinski definition) is 5. The van der Waals surface area contributed by atoms with E-state index in [1.807, 2.05) is 12.1 Å². The Kier molecular flexibility index (Phi) is 4.49. The predicted molar refractivity (Wildman–Crippen MR) is 85.8 cm³/mol. The fourth-order valence-corrected chi connectivity index (χ4v) is 3.91. The van der Waals surface area contributed by atoms with Crippen LogP contribution in [-0.4, -0.2) is 43.2 Å². The molecule has 1 amide bonds. The highest BCUT2D eigenvalue weighted by Gasteiger charge is 2.43. The van der Waals surface area contributed by atoms with Gasteiger partial charge in [-0.2, -0.15) is 5.26 Å². The molecule has 0 spiro atoms. The molecule has 4 atom stereocenters. The number of nitrogens with one attached hydrogen (secondary N) is 1. The van der Waals surface area contributed by atoms with Gasteiger partial charge in [0.15, 0.2) is 0 Å². The molecule has 2 aliphatic rings. The zero-order chi connectivity index (χ0) is 16.4. The zero-order valence-electron chi connectivity index (χ0n) is 13.5. The lowest BCUT2D eigenvalue weighted by atomic mass is 9.77. The Morgan fingerprint density at radius 1 is 1.39 bits per heavy atom. The van der Waals surface area contributed by atoms with Crippen LogP contribution in [0.1, 0.15) is 25.3 Å². The number of aromatic nitrogens is 1. The van der Waals surface area contributed by atoms with Crippen molar-refractivity contribution in [2.45, 2.75) is 31.9 Å². The normalized spacial score (nSPS) is 29.7. The number of hydrogen-bond donors (Lipinski definition) is 1. The van der Waals surface area contributed by atoms with Crippen molar-refractivity contribution in [3.63, 3.8) is 0 Å². The third kappa shape index (κ3) is 3.30. The van der Waals surface area contributed by atoms with Gasteiger partial charge < -0.3 is 15.0 Å². The molecule has 1 N–H and O–H groups in total. The third-order valence-corrected chi connectivity index (χ3v) is 5.01. The number of ether oxygens (including phenoxy) is 1. The maximum Gasteiger partial charge on any atom is 0.217 e. The van der Waals surface area contributed by atoms with Gasteiger partial charge in [-0.05, 0) is 36.8 Å². The highest BCUT2D eigenvalue weighted by atomic mass is 16.5. The average molecular weight is 314 g/mol. The summed E-state index contributed by atoms with van der Waals surface area (Å²) in [5, 5.41) is 11.9. The number of rotatable bonds is 3. The maximum atomic E-state index is 11.4. The number of fused-ring (bicyclic) bond motifs is 1. The smallest absolute Gasteiger partial charge is 0.217 e. The summed E-state index contributed by atoms with van der Waals surface area (Å²) in [5.41, 5.74) is 0.579. The first-order valence-corrected chi connectivity index (χ1v) is 8.01. The number of carbonyl (C=O) groups excluding carboxylic acids is 1. The zero-order valence-corrected chi connectivity index (χ0v) is 13.5. The lowest BCUT2D eigenvalue weighted by Crippen LogP contribution is -2.49. The van der Waals surface area contributed by atoms with Crippen molar-refractivity contribution < 1.29 is 9.53 Å². The van der Waals surface area contributed by atoms with E-state index in [9.17, 15) is 4.79 Å². The first-order chi connectivity index (χ1) is 11.1. The molecule has 0 radical (unpaired) electrons. The molecular formula is C17H22N4O2. The van der Waals surface area contributed by atoms with Gasteiger partial charge in [-0.25, -0.2) is 4.98 Å². The Morgan fingerprint density at radius 2 is 2.13 bits per heavy atom. The predicted octanol–water partition coefficient (Wildman–Crippen LogP) is 1.32. The van der Waals surface area contributed by atoms with Crippen LogP contribution < -0.4 is 10.2 Å². The minimum absolute atomic E-state index is 0.000822. The van der Waals surface area contributed by atoms with E-state index in [0.29, 0.717) is 17.4 Å². The van der Waals surface area contributed by atoms with Gasteiger partial charge in [0.25, 0.3) is 0 Å². The largest absolute Gasteiger partial charge is 0.379 e. The fourth-order valence-electron chi connectivity index (χ4n) is 3.91. The molecule has 3 rings (SSSR count). The van der Waals surface area contributed by atoms with E-state index in [1.54, 1.807) is 20.2 Å². The van der Waals surface area contributed by atoms with Gasteiger partial charge in [-0.3, -0.25) is 4.79 Å². The van der Waals surface area contributed by atoms with E-state index in [-0.39, 0.29) is 18.1 Å². The van der Waals surface area contributed by atoms with Gasteiger partial charge in [0.1, 0.15) is 11.9 Å². The van der Waals surface area contributed by atoms with Gasteiger partial charge in [-0.15, -0.1) is 0 Å². The third-order valence-electron chi connectivity index (χ3n) is 5.01. The SMILES string of the molecule is CO[C@@H]1C[C@H]2CN(c3ccc(C#N)cn3)C[C@H]2C[C@H]1NC(C)=O. The van der Waals surface area contributed by atoms with E-state index < -0.39 is 0 Å². The first kappa shape index (κ1) is 15.8. The Bertz CT molecular complexity index is 610. The van der Waals surface area contributed by atoms with E-state index >= 15 is 0 Å². The molecule has 0 aromatic carbocycles. The summed E-state index contributed by atoms with van der Waals surface area (Å²) in [6.45, 7) is 3.45. The lowest BCUT2D eigenvalue weighted by Gasteiger charge is -2.37. The quantitative estimate of drug-likeness (QED) is 0.910. The Labute approximate surface area is 136 Å². The Hall–Kier alpha value is -2.13. The van der Waals surface area contributed by atoms with Crippen molar-refractivity contribution in [3.8, 4) is 6.07 Å². The molecule has 2 fully saturated rings. The number of nitrogens with zero attached hydrogens (tertiary/aromatic N) is 3. The summed E-state index contributed by atoms with van der Waals surface area (Å²) in [4.78, 5) is 18.1. The van der Waals surface area contributed by atoms with Gasteiger partial charge in [-0.1, -0.05) is 0 Å². The molecule has 1 aliphatic heterocycles. The van der Waals surface area contributed by atoms with Gasteiger partial charge >= 0.3 is 0 Å². The molecule has 23 heavy (non-hydrogen) atoms. The summed E-state index contributed by atoms with van der Waals surface area (Å²) < 4.78 is 5.60. The number of anilines is 1. The summed E-state index contributed by atoms with van der Waals surface area (Å²) in [7, 11) is 1.72. The van der Waals surface area contributed by atoms with Crippen LogP contribution in [0.2, 0.25) is 0 Å². The summed E-state index contributed by atoms with van der Waals surface area (Å²) in [6.07, 6.45) is 3.60. The topological polar surface area (TPSA) is 78.2 Å². The van der Waals surface area contributed by atoms with Crippen molar-refractivity contribution in [3.05, 3.63) is 23.9 Å². The minimum atomic E-state index is -0.000822. The molecule has 1 saturated carbocycles. The van der Waals surface area contributed by atoms with Crippen LogP contribution >= 0.6 is 0 Å². The van der Waals surface area contributed by atoms with E-state index in [2.05, 4.69) is 21.3 Å². The highest BCUT2D eigenvalue weighted by molar-refractivity contribution is 5.73. The van der Waals surface area contributed by atoms with Crippen LogP contribution in [0.4, 0.5) is 5.82 Å². The van der Waals surface area contributed by atoms with Crippen LogP contribution in [0.3, 0.4) is 0 Å². The molecule has 6 heteroatoms. The van der Waals surface area contributed by atoms with Gasteiger partial charge in [0.05, 0.1) is 17.7 Å². The van der Waals surface area contributed by atoms with Crippen LogP contribution in [0.25, 0.3) is 0 Å². The van der Waals surface area contributed by atoms with Gasteiger partial charge in [0.2, 0.25) is 5.91 Å². The summed E-state index contributed by atoms with van der Waals surface area (Å²) >= 11 is 0. The molecule has 0 unspecified atom stereocenters. The molecule has 6 nitrogen and oxygen atoms in total. The maximum absolute atomic E-state index is 11.4. The van der Waals surface area contributed by atoms with Gasteiger partial charge in [0, 0.05) is 33.3 Å². The van der Waals surface area contributed by atoms with E-state index in [0.717, 1.165) is 31.7 Å². The average Bonchev–Trinajstić information content (AvgIpc) is 2.96. The van der Waals surface area contributed by atoms with Crippen LogP contribution in [0.15, 0.2) is 18.3 Å². The molecule has 2 heterocycles. The number of methoxy groups -OCH3 is 1. The van der Waals surface area contributed by atoms with Crippen molar-refractivity contribution in [2.24, 2.45) is 11.8 Å². The van der Waals surface area contributed by atoms with Crippen LogP contribution in [0.5, 0.6) is 0 Å². The second-order valence-corrected chi connectivity index (χ2v) is 6.49. The number of amides is 1. The summed E-state index contributed by atoms with van der Waals surface area (Å²) in [5.74, 6) is 2.01. The minimum Gasteiger partial charge on any atom is -0.379 e. The molecule has 1 aromatic heterocycles. The molecule has 1 saturated heterocycles. The number of carbonyl (C=O) groups is 1. The second kappa shape index (κ2) is 6.55. The monoisotopic (exact) mass is 314 g/mol. The van der Waals surface area contributed by atoms with Crippen molar-refractivity contribution >= 4 is 11.7 Å². The van der Waals surface area contributed by atoms with Crippen molar-refractivity contribution in [1.82, 2.24) is 10.3 Å². The Balaban J connectivity index is 1.70. The van der Waals surface area contributed by atoms with Crippen LogP contribution in [-0.2, 0) is 9.53 Å². The molecular weight excluding hydrogens is 292 g/mol. The van der Waals surface area contributed by atoms with E-state index in [1.165, 1.54) is 0 Å². The molecule has 1 aromatic rings. The molecule has 1 aliphatic carbocycles. The fraction of sp³-hybridized carbons (Fsp3) is 0.588. The molecule has 122 valence electrons.